The SMILES string of the molecule is Cn1cnc2c1c(=O)n(CC(F)c1ccccc1)c(=O)n2C. The first-order valence-electron chi connectivity index (χ1n) is 6.80. The van der Waals surface area contributed by atoms with Crippen LogP contribution < -0.4 is 11.2 Å². The van der Waals surface area contributed by atoms with Crippen molar-refractivity contribution < 1.29 is 4.39 Å². The predicted molar refractivity (Wildman–Crippen MR) is 80.5 cm³/mol. The Labute approximate surface area is 125 Å². The smallest absolute Gasteiger partial charge is 0.328 e. The third-order valence-corrected chi connectivity index (χ3v) is 3.71. The molecule has 22 heavy (non-hydrogen) atoms. The second-order valence-electron chi connectivity index (χ2n) is 5.16. The molecular weight excluding hydrogens is 287 g/mol. The van der Waals surface area contributed by atoms with Crippen LogP contribution in [0, 0.1) is 0 Å². The van der Waals surface area contributed by atoms with Gasteiger partial charge in [-0.1, -0.05) is 30.3 Å². The summed E-state index contributed by atoms with van der Waals surface area (Å²) in [6.45, 7) is -0.323. The van der Waals surface area contributed by atoms with Crippen molar-refractivity contribution in [2.45, 2.75) is 12.7 Å². The van der Waals surface area contributed by atoms with E-state index in [0.29, 0.717) is 11.2 Å². The first-order valence-corrected chi connectivity index (χ1v) is 6.80. The van der Waals surface area contributed by atoms with Gasteiger partial charge in [0, 0.05) is 14.1 Å². The Kier molecular flexibility index (Phi) is 3.40. The molecular formula is C15H15FN4O2. The number of rotatable bonds is 3. The lowest BCUT2D eigenvalue weighted by atomic mass is 10.1. The van der Waals surface area contributed by atoms with Crippen molar-refractivity contribution in [3.05, 3.63) is 63.1 Å². The highest BCUT2D eigenvalue weighted by Gasteiger charge is 2.18. The molecule has 1 unspecified atom stereocenters. The van der Waals surface area contributed by atoms with Crippen molar-refractivity contribution in [1.82, 2.24) is 18.7 Å². The zero-order valence-corrected chi connectivity index (χ0v) is 12.2. The number of fused-ring (bicyclic) bond motifs is 1. The zero-order valence-electron chi connectivity index (χ0n) is 12.2. The van der Waals surface area contributed by atoms with Crippen molar-refractivity contribution in [2.75, 3.05) is 0 Å². The van der Waals surface area contributed by atoms with E-state index < -0.39 is 17.4 Å². The minimum absolute atomic E-state index is 0.280. The van der Waals surface area contributed by atoms with Gasteiger partial charge in [-0.15, -0.1) is 0 Å². The summed E-state index contributed by atoms with van der Waals surface area (Å²) < 4.78 is 18.1. The third-order valence-electron chi connectivity index (χ3n) is 3.71. The molecule has 7 heteroatoms. The number of alkyl halides is 1. The van der Waals surface area contributed by atoms with Gasteiger partial charge in [0.15, 0.2) is 11.2 Å². The van der Waals surface area contributed by atoms with E-state index in [1.54, 1.807) is 37.4 Å². The summed E-state index contributed by atoms with van der Waals surface area (Å²) in [4.78, 5) is 28.8. The molecule has 3 aromatic rings. The van der Waals surface area contributed by atoms with E-state index in [1.165, 1.54) is 22.5 Å². The second kappa shape index (κ2) is 5.25. The number of aromatic nitrogens is 4. The van der Waals surface area contributed by atoms with Gasteiger partial charge in [0.2, 0.25) is 0 Å². The largest absolute Gasteiger partial charge is 0.332 e. The highest BCUT2D eigenvalue weighted by Crippen LogP contribution is 2.18. The van der Waals surface area contributed by atoms with Crippen LogP contribution in [0.4, 0.5) is 4.39 Å². The van der Waals surface area contributed by atoms with Gasteiger partial charge in [0.05, 0.1) is 12.9 Å². The van der Waals surface area contributed by atoms with Crippen LogP contribution in [-0.2, 0) is 20.6 Å². The van der Waals surface area contributed by atoms with Gasteiger partial charge in [-0.3, -0.25) is 13.9 Å². The van der Waals surface area contributed by atoms with E-state index in [4.69, 9.17) is 0 Å². The maximum atomic E-state index is 14.4. The van der Waals surface area contributed by atoms with Crippen LogP contribution in [0.1, 0.15) is 11.7 Å². The Morgan fingerprint density at radius 2 is 1.86 bits per heavy atom. The van der Waals surface area contributed by atoms with Gasteiger partial charge < -0.3 is 4.57 Å². The van der Waals surface area contributed by atoms with Gasteiger partial charge in [-0.05, 0) is 5.56 Å². The molecule has 0 aliphatic carbocycles. The second-order valence-corrected chi connectivity index (χ2v) is 5.16. The summed E-state index contributed by atoms with van der Waals surface area (Å²) in [6.07, 6.45) is 0.0252. The summed E-state index contributed by atoms with van der Waals surface area (Å²) in [5, 5.41) is 0. The molecule has 0 bridgehead atoms. The monoisotopic (exact) mass is 302 g/mol. The highest BCUT2D eigenvalue weighted by atomic mass is 19.1. The minimum atomic E-state index is -1.43. The Morgan fingerprint density at radius 3 is 2.55 bits per heavy atom. The molecule has 1 atom stereocenters. The van der Waals surface area contributed by atoms with Gasteiger partial charge in [-0.25, -0.2) is 14.2 Å². The Morgan fingerprint density at radius 1 is 1.18 bits per heavy atom. The van der Waals surface area contributed by atoms with E-state index in [9.17, 15) is 14.0 Å². The van der Waals surface area contributed by atoms with E-state index in [2.05, 4.69) is 4.98 Å². The van der Waals surface area contributed by atoms with Gasteiger partial charge in [0.25, 0.3) is 5.56 Å². The van der Waals surface area contributed by atoms with Crippen LogP contribution in [-0.4, -0.2) is 18.7 Å². The molecule has 1 aromatic carbocycles. The summed E-state index contributed by atoms with van der Waals surface area (Å²) in [5.41, 5.74) is -0.0979. The van der Waals surface area contributed by atoms with Gasteiger partial charge >= 0.3 is 5.69 Å². The number of halogens is 1. The fourth-order valence-electron chi connectivity index (χ4n) is 2.48. The number of hydrogen-bond donors (Lipinski definition) is 0. The molecule has 0 aliphatic heterocycles. The average Bonchev–Trinajstić information content (AvgIpc) is 2.92. The molecule has 0 spiro atoms. The maximum absolute atomic E-state index is 14.4. The number of benzene rings is 1. The quantitative estimate of drug-likeness (QED) is 0.729. The van der Waals surface area contributed by atoms with Crippen molar-refractivity contribution in [2.24, 2.45) is 14.1 Å². The molecule has 0 aliphatic rings. The van der Waals surface area contributed by atoms with Crippen molar-refractivity contribution in [3.8, 4) is 0 Å². The maximum Gasteiger partial charge on any atom is 0.332 e. The lowest BCUT2D eigenvalue weighted by Crippen LogP contribution is -2.40. The Hall–Kier alpha value is -2.70. The molecule has 0 amide bonds. The third kappa shape index (κ3) is 2.14. The molecule has 0 radical (unpaired) electrons. The van der Waals surface area contributed by atoms with E-state index in [0.717, 1.165) is 4.57 Å². The fraction of sp³-hybridized carbons (Fsp3) is 0.267. The molecule has 2 heterocycles. The van der Waals surface area contributed by atoms with Crippen molar-refractivity contribution in [1.29, 1.82) is 0 Å². The van der Waals surface area contributed by atoms with Gasteiger partial charge in [-0.2, -0.15) is 0 Å². The summed E-state index contributed by atoms with van der Waals surface area (Å²) >= 11 is 0. The van der Waals surface area contributed by atoms with Crippen LogP contribution in [0.5, 0.6) is 0 Å². The number of aryl methyl sites for hydroxylation is 2. The van der Waals surface area contributed by atoms with Crippen LogP contribution in [0.3, 0.4) is 0 Å². The van der Waals surface area contributed by atoms with Crippen molar-refractivity contribution in [3.63, 3.8) is 0 Å². The normalized spacial score (nSPS) is 12.7. The molecule has 0 saturated carbocycles. The van der Waals surface area contributed by atoms with Crippen LogP contribution in [0.25, 0.3) is 11.2 Å². The van der Waals surface area contributed by atoms with Crippen LogP contribution in [0.2, 0.25) is 0 Å². The van der Waals surface area contributed by atoms with E-state index in [-0.39, 0.29) is 12.1 Å². The Balaban J connectivity index is 2.14. The first kappa shape index (κ1) is 14.2. The molecule has 0 saturated heterocycles. The van der Waals surface area contributed by atoms with E-state index in [1.807, 2.05) is 0 Å². The summed E-state index contributed by atoms with van der Waals surface area (Å²) in [5.74, 6) is 0. The molecule has 3 rings (SSSR count). The summed E-state index contributed by atoms with van der Waals surface area (Å²) in [6, 6.07) is 8.47. The topological polar surface area (TPSA) is 61.8 Å². The van der Waals surface area contributed by atoms with E-state index >= 15 is 0 Å². The fourth-order valence-corrected chi connectivity index (χ4v) is 2.48. The molecule has 0 fully saturated rings. The van der Waals surface area contributed by atoms with Gasteiger partial charge in [0.1, 0.15) is 6.17 Å². The zero-order chi connectivity index (χ0) is 15.9. The predicted octanol–water partition coefficient (Wildman–Crippen LogP) is 1.14. The minimum Gasteiger partial charge on any atom is -0.328 e. The summed E-state index contributed by atoms with van der Waals surface area (Å²) in [7, 11) is 3.18. The molecule has 2 aromatic heterocycles. The lowest BCUT2D eigenvalue weighted by molar-refractivity contribution is 0.294. The molecule has 0 N–H and O–H groups in total. The number of imidazole rings is 1. The average molecular weight is 302 g/mol. The first-order chi connectivity index (χ1) is 10.5. The van der Waals surface area contributed by atoms with Crippen molar-refractivity contribution >= 4 is 11.2 Å². The number of nitrogens with zero attached hydrogens (tertiary/aromatic N) is 4. The lowest BCUT2D eigenvalue weighted by Gasteiger charge is -2.12. The van der Waals surface area contributed by atoms with Crippen LogP contribution in [0.15, 0.2) is 46.2 Å². The number of hydrogen-bond acceptors (Lipinski definition) is 3. The van der Waals surface area contributed by atoms with Crippen LogP contribution >= 0.6 is 0 Å². The standard InChI is InChI=1S/C15H15FN4O2/c1-18-9-17-13-12(18)14(21)20(15(22)19(13)2)8-11(16)10-6-4-3-5-7-10/h3-7,9,11H,8H2,1-2H3. The Bertz CT molecular complexity index is 940. The molecule has 114 valence electrons. The highest BCUT2D eigenvalue weighted by molar-refractivity contribution is 5.69. The molecule has 6 nitrogen and oxygen atoms in total.